The molecule has 0 N–H and O–H groups in total. The Labute approximate surface area is 131 Å². The molecule has 0 bridgehead atoms. The van der Waals surface area contributed by atoms with Crippen LogP contribution in [0.4, 0.5) is 0 Å². The van der Waals surface area contributed by atoms with E-state index >= 15 is 0 Å². The van der Waals surface area contributed by atoms with Gasteiger partial charge in [0.15, 0.2) is 11.9 Å². The molecular formula is C17H24N2O3. The molecule has 120 valence electrons. The van der Waals surface area contributed by atoms with Gasteiger partial charge < -0.3 is 14.5 Å². The Kier molecular flexibility index (Phi) is 5.55. The van der Waals surface area contributed by atoms with Crippen LogP contribution >= 0.6 is 0 Å². The zero-order valence-electron chi connectivity index (χ0n) is 13.1. The van der Waals surface area contributed by atoms with Crippen LogP contribution in [0.3, 0.4) is 0 Å². The quantitative estimate of drug-likeness (QED) is 0.387. The molecule has 2 heterocycles. The Bertz CT molecular complexity index is 486. The molecule has 2 rings (SSSR count). The molecule has 0 aliphatic carbocycles. The van der Waals surface area contributed by atoms with E-state index in [1.807, 2.05) is 11.0 Å². The van der Waals surface area contributed by atoms with E-state index in [0.717, 1.165) is 12.8 Å². The minimum Gasteiger partial charge on any atom is -0.369 e. The monoisotopic (exact) mass is 304 g/mol. The van der Waals surface area contributed by atoms with Gasteiger partial charge in [0.1, 0.15) is 0 Å². The van der Waals surface area contributed by atoms with E-state index in [1.54, 1.807) is 25.5 Å². The van der Waals surface area contributed by atoms with E-state index in [1.165, 1.54) is 0 Å². The van der Waals surface area contributed by atoms with Crippen LogP contribution in [0.5, 0.6) is 0 Å². The van der Waals surface area contributed by atoms with Crippen LogP contribution in [-0.2, 0) is 14.3 Å². The summed E-state index contributed by atoms with van der Waals surface area (Å²) < 4.78 is 5.36. The van der Waals surface area contributed by atoms with Crippen LogP contribution in [0.15, 0.2) is 37.6 Å². The predicted octanol–water partition coefficient (Wildman–Crippen LogP) is 1.52. The van der Waals surface area contributed by atoms with Crippen LogP contribution in [0.2, 0.25) is 0 Å². The van der Waals surface area contributed by atoms with Crippen LogP contribution in [-0.4, -0.2) is 59.9 Å². The second kappa shape index (κ2) is 7.40. The molecule has 0 radical (unpaired) electrons. The van der Waals surface area contributed by atoms with Crippen molar-refractivity contribution in [2.45, 2.75) is 37.5 Å². The summed E-state index contributed by atoms with van der Waals surface area (Å²) in [4.78, 5) is 27.9. The van der Waals surface area contributed by atoms with Gasteiger partial charge in [-0.3, -0.25) is 9.59 Å². The van der Waals surface area contributed by atoms with E-state index in [9.17, 15) is 9.59 Å². The first-order valence-corrected chi connectivity index (χ1v) is 7.66. The molecule has 0 saturated carbocycles. The number of ketones is 1. The van der Waals surface area contributed by atoms with Crippen molar-refractivity contribution in [2.75, 3.05) is 20.2 Å². The molecular weight excluding hydrogens is 280 g/mol. The van der Waals surface area contributed by atoms with Crippen LogP contribution in [0.1, 0.15) is 19.3 Å². The summed E-state index contributed by atoms with van der Waals surface area (Å²) in [5, 5.41) is 0. The molecule has 0 aromatic rings. The van der Waals surface area contributed by atoms with Crippen molar-refractivity contribution < 1.29 is 14.3 Å². The topological polar surface area (TPSA) is 49.9 Å². The number of unbranched alkanes of at least 4 members (excludes halogenated alkanes) is 1. The minimum absolute atomic E-state index is 0.0112. The van der Waals surface area contributed by atoms with Crippen LogP contribution in [0, 0.1) is 0 Å². The first-order chi connectivity index (χ1) is 10.6. The minimum atomic E-state index is -0.458. The lowest BCUT2D eigenvalue weighted by molar-refractivity contribution is -0.176. The van der Waals surface area contributed by atoms with Crippen molar-refractivity contribution in [2.24, 2.45) is 0 Å². The Morgan fingerprint density at radius 3 is 2.77 bits per heavy atom. The third-order valence-electron chi connectivity index (χ3n) is 4.28. The highest BCUT2D eigenvalue weighted by Crippen LogP contribution is 2.31. The fourth-order valence-electron chi connectivity index (χ4n) is 3.20. The normalized spacial score (nSPS) is 27.8. The molecule has 2 aliphatic heterocycles. The summed E-state index contributed by atoms with van der Waals surface area (Å²) in [5.74, 6) is 0.0997. The predicted molar refractivity (Wildman–Crippen MR) is 85.2 cm³/mol. The van der Waals surface area contributed by atoms with Crippen molar-refractivity contribution in [1.29, 1.82) is 0 Å². The molecule has 3 atom stereocenters. The van der Waals surface area contributed by atoms with Crippen LogP contribution < -0.4 is 0 Å². The van der Waals surface area contributed by atoms with Crippen molar-refractivity contribution in [3.05, 3.63) is 37.6 Å². The Hall–Kier alpha value is -1.88. The number of amides is 1. The average molecular weight is 304 g/mol. The summed E-state index contributed by atoms with van der Waals surface area (Å²) >= 11 is 0. The van der Waals surface area contributed by atoms with Gasteiger partial charge in [-0.15, -0.1) is 13.2 Å². The second-order valence-corrected chi connectivity index (χ2v) is 5.65. The summed E-state index contributed by atoms with van der Waals surface area (Å²) in [6, 6.07) is -0.141. The molecule has 1 fully saturated rings. The number of carbonyl (C=O) groups excluding carboxylic acids is 2. The molecule has 0 aromatic carbocycles. The SMILES string of the molecule is C=CCCCN1C(=O)[C@H](OC)[C@@H]1C1CC(=O)C=CN1CC=C. The Balaban J connectivity index is 2.15. The van der Waals surface area contributed by atoms with Gasteiger partial charge in [0.25, 0.3) is 5.91 Å². The molecule has 2 aliphatic rings. The van der Waals surface area contributed by atoms with Crippen molar-refractivity contribution in [1.82, 2.24) is 9.80 Å². The lowest BCUT2D eigenvalue weighted by atomic mass is 9.85. The standard InChI is InChI=1S/C17H24N2O3/c1-4-6-7-10-19-15(16(22-3)17(19)21)14-12-13(20)8-11-18(14)9-5-2/h4-5,8,11,14-16H,1-2,6-7,9-10,12H2,3H3/t14?,15-,16+/m0/s1. The smallest absolute Gasteiger partial charge is 0.254 e. The zero-order chi connectivity index (χ0) is 16.1. The lowest BCUT2D eigenvalue weighted by Crippen LogP contribution is -2.72. The number of allylic oxidation sites excluding steroid dienone is 2. The number of carbonyl (C=O) groups is 2. The maximum Gasteiger partial charge on any atom is 0.254 e. The average Bonchev–Trinajstić information content (AvgIpc) is 2.51. The summed E-state index contributed by atoms with van der Waals surface area (Å²) in [6.45, 7) is 8.79. The second-order valence-electron chi connectivity index (χ2n) is 5.65. The molecule has 1 saturated heterocycles. The zero-order valence-corrected chi connectivity index (χ0v) is 13.1. The maximum absolute atomic E-state index is 12.2. The van der Waals surface area contributed by atoms with Gasteiger partial charge in [0.2, 0.25) is 0 Å². The number of hydrogen-bond acceptors (Lipinski definition) is 4. The van der Waals surface area contributed by atoms with Gasteiger partial charge in [-0.05, 0) is 18.9 Å². The number of nitrogens with zero attached hydrogens (tertiary/aromatic N) is 2. The van der Waals surface area contributed by atoms with E-state index in [-0.39, 0.29) is 23.8 Å². The first kappa shape index (κ1) is 16.5. The fraction of sp³-hybridized carbons (Fsp3) is 0.529. The van der Waals surface area contributed by atoms with E-state index in [2.05, 4.69) is 18.1 Å². The summed E-state index contributed by atoms with van der Waals surface area (Å²) in [6.07, 6.45) is 8.73. The number of hydrogen-bond donors (Lipinski definition) is 0. The van der Waals surface area contributed by atoms with Gasteiger partial charge in [-0.25, -0.2) is 0 Å². The number of likely N-dealkylation sites (tertiary alicyclic amines) is 1. The molecule has 22 heavy (non-hydrogen) atoms. The molecule has 0 spiro atoms. The number of ether oxygens (including phenoxy) is 1. The van der Waals surface area contributed by atoms with E-state index in [0.29, 0.717) is 19.5 Å². The lowest BCUT2D eigenvalue weighted by Gasteiger charge is -2.52. The number of β-lactam (4-membered cyclic amide) rings is 1. The maximum atomic E-state index is 12.2. The number of rotatable bonds is 8. The van der Waals surface area contributed by atoms with Gasteiger partial charge in [0.05, 0.1) is 12.1 Å². The highest BCUT2D eigenvalue weighted by molar-refractivity contribution is 5.92. The van der Waals surface area contributed by atoms with Gasteiger partial charge in [-0.1, -0.05) is 12.2 Å². The van der Waals surface area contributed by atoms with Gasteiger partial charge in [0, 0.05) is 32.8 Å². The third kappa shape index (κ3) is 3.14. The van der Waals surface area contributed by atoms with E-state index in [4.69, 9.17) is 4.74 Å². The molecule has 1 amide bonds. The van der Waals surface area contributed by atoms with E-state index < -0.39 is 6.10 Å². The summed E-state index contributed by atoms with van der Waals surface area (Å²) in [7, 11) is 1.55. The Morgan fingerprint density at radius 2 is 2.14 bits per heavy atom. The third-order valence-corrected chi connectivity index (χ3v) is 4.28. The van der Waals surface area contributed by atoms with Crippen molar-refractivity contribution in [3.63, 3.8) is 0 Å². The largest absolute Gasteiger partial charge is 0.369 e. The van der Waals surface area contributed by atoms with Crippen molar-refractivity contribution in [3.8, 4) is 0 Å². The molecule has 0 aromatic heterocycles. The highest BCUT2D eigenvalue weighted by atomic mass is 16.5. The molecule has 5 nitrogen and oxygen atoms in total. The van der Waals surface area contributed by atoms with Gasteiger partial charge >= 0.3 is 0 Å². The number of methoxy groups -OCH3 is 1. The van der Waals surface area contributed by atoms with Crippen molar-refractivity contribution >= 4 is 11.7 Å². The fourth-order valence-corrected chi connectivity index (χ4v) is 3.20. The van der Waals surface area contributed by atoms with Gasteiger partial charge in [-0.2, -0.15) is 0 Å². The molecule has 5 heteroatoms. The highest BCUT2D eigenvalue weighted by Gasteiger charge is 2.52. The summed E-state index contributed by atoms with van der Waals surface area (Å²) in [5.41, 5.74) is 0. The van der Waals surface area contributed by atoms with Crippen LogP contribution in [0.25, 0.3) is 0 Å². The first-order valence-electron chi connectivity index (χ1n) is 7.66. The Morgan fingerprint density at radius 1 is 1.36 bits per heavy atom. The molecule has 1 unspecified atom stereocenters.